The molecule has 3 rings (SSSR count). The quantitative estimate of drug-likeness (QED) is 0.737. The van der Waals surface area contributed by atoms with E-state index in [1.165, 1.54) is 25.3 Å². The number of carbonyl (C=O) groups excluding carboxylic acids is 1. The van der Waals surface area contributed by atoms with Gasteiger partial charge in [0.25, 0.3) is 0 Å². The second-order valence-corrected chi connectivity index (χ2v) is 4.71. The zero-order valence-electron chi connectivity index (χ0n) is 11.5. The van der Waals surface area contributed by atoms with Crippen LogP contribution in [0.15, 0.2) is 36.1 Å². The predicted octanol–water partition coefficient (Wildman–Crippen LogP) is 2.43. The molecule has 0 spiro atoms. The van der Waals surface area contributed by atoms with Crippen molar-refractivity contribution in [3.63, 3.8) is 0 Å². The lowest BCUT2D eigenvalue weighted by Crippen LogP contribution is -1.98. The third-order valence-electron chi connectivity index (χ3n) is 3.24. The molecule has 0 saturated carbocycles. The van der Waals surface area contributed by atoms with E-state index in [1.807, 2.05) is 0 Å². The van der Waals surface area contributed by atoms with Gasteiger partial charge in [-0.15, -0.1) is 0 Å². The summed E-state index contributed by atoms with van der Waals surface area (Å²) in [6, 6.07) is 6.89. The molecule has 0 aromatic heterocycles. The lowest BCUT2D eigenvalue weighted by atomic mass is 10.1. The van der Waals surface area contributed by atoms with Gasteiger partial charge in [-0.2, -0.15) is 0 Å². The first-order valence-electron chi connectivity index (χ1n) is 6.37. The van der Waals surface area contributed by atoms with Gasteiger partial charge in [-0.3, -0.25) is 4.79 Å². The molecule has 0 bridgehead atoms. The Hall–Kier alpha value is -3.15. The Kier molecular flexibility index (Phi) is 3.14. The van der Waals surface area contributed by atoms with Crippen LogP contribution in [0.3, 0.4) is 0 Å². The van der Waals surface area contributed by atoms with Gasteiger partial charge in [-0.1, -0.05) is 6.07 Å². The number of rotatable bonds is 2. The molecular weight excluding hydrogens is 288 g/mol. The number of ketones is 1. The first-order chi connectivity index (χ1) is 10.5. The van der Waals surface area contributed by atoms with Crippen molar-refractivity contribution in [2.45, 2.75) is 0 Å². The molecule has 2 aromatic rings. The van der Waals surface area contributed by atoms with Gasteiger partial charge in [0.15, 0.2) is 17.3 Å². The first-order valence-corrected chi connectivity index (χ1v) is 6.37. The first kappa shape index (κ1) is 13.8. The Balaban J connectivity index is 2.01. The molecule has 1 heterocycles. The van der Waals surface area contributed by atoms with Crippen molar-refractivity contribution < 1.29 is 29.6 Å². The van der Waals surface area contributed by atoms with Crippen molar-refractivity contribution in [3.8, 4) is 28.7 Å². The van der Waals surface area contributed by atoms with Gasteiger partial charge >= 0.3 is 0 Å². The normalized spacial score (nSPS) is 14.8. The Morgan fingerprint density at radius 1 is 1.09 bits per heavy atom. The molecule has 0 amide bonds. The highest BCUT2D eigenvalue weighted by molar-refractivity contribution is 6.16. The van der Waals surface area contributed by atoms with E-state index in [9.17, 15) is 20.1 Å². The monoisotopic (exact) mass is 300 g/mol. The smallest absolute Gasteiger partial charge is 0.235 e. The Morgan fingerprint density at radius 3 is 2.59 bits per heavy atom. The van der Waals surface area contributed by atoms with Crippen molar-refractivity contribution in [3.05, 3.63) is 47.2 Å². The Morgan fingerprint density at radius 2 is 1.86 bits per heavy atom. The molecule has 112 valence electrons. The average molecular weight is 300 g/mol. The van der Waals surface area contributed by atoms with Gasteiger partial charge in [-0.25, -0.2) is 0 Å². The minimum atomic E-state index is -0.487. The zero-order chi connectivity index (χ0) is 15.9. The van der Waals surface area contributed by atoms with Gasteiger partial charge in [0.1, 0.15) is 22.8 Å². The molecule has 0 radical (unpaired) electrons. The number of Topliss-reactive ketones (excluding diaryl/α,β-unsaturated/α-hetero) is 1. The maximum atomic E-state index is 12.2. The lowest BCUT2D eigenvalue weighted by molar-refractivity contribution is 0.101. The number of phenols is 3. The second-order valence-electron chi connectivity index (χ2n) is 4.71. The molecule has 0 aliphatic carbocycles. The molecule has 22 heavy (non-hydrogen) atoms. The summed E-state index contributed by atoms with van der Waals surface area (Å²) in [5, 5.41) is 28.7. The standard InChI is InChI=1S/C16H12O6/c1-21-12-4-8(2-3-10(12)18)5-14-16(20)15-11(19)6-9(17)7-13(15)22-14/h2-7,17-19H,1H3/b14-5-. The molecule has 2 aromatic carbocycles. The summed E-state index contributed by atoms with van der Waals surface area (Å²) in [6.45, 7) is 0. The molecule has 6 heteroatoms. The molecule has 6 nitrogen and oxygen atoms in total. The second kappa shape index (κ2) is 5.00. The number of methoxy groups -OCH3 is 1. The van der Waals surface area contributed by atoms with Crippen molar-refractivity contribution in [1.82, 2.24) is 0 Å². The van der Waals surface area contributed by atoms with E-state index in [-0.39, 0.29) is 40.1 Å². The van der Waals surface area contributed by atoms with Crippen LogP contribution < -0.4 is 9.47 Å². The Labute approximate surface area is 125 Å². The third kappa shape index (κ3) is 2.20. The number of fused-ring (bicyclic) bond motifs is 1. The number of phenolic OH excluding ortho intramolecular Hbond substituents is 3. The van der Waals surface area contributed by atoms with Crippen LogP contribution in [-0.4, -0.2) is 28.2 Å². The topological polar surface area (TPSA) is 96.2 Å². The van der Waals surface area contributed by atoms with E-state index in [2.05, 4.69) is 0 Å². The molecule has 3 N–H and O–H groups in total. The van der Waals surface area contributed by atoms with Crippen LogP contribution in [0.4, 0.5) is 0 Å². The highest BCUT2D eigenvalue weighted by atomic mass is 16.5. The number of aromatic hydroxyl groups is 3. The van der Waals surface area contributed by atoms with Crippen molar-refractivity contribution in [1.29, 1.82) is 0 Å². The van der Waals surface area contributed by atoms with Crippen molar-refractivity contribution in [2.24, 2.45) is 0 Å². The van der Waals surface area contributed by atoms with E-state index in [0.29, 0.717) is 5.56 Å². The van der Waals surface area contributed by atoms with Gasteiger partial charge in [-0.05, 0) is 23.8 Å². The van der Waals surface area contributed by atoms with E-state index < -0.39 is 5.78 Å². The largest absolute Gasteiger partial charge is 0.508 e. The number of carbonyl (C=O) groups is 1. The van der Waals surface area contributed by atoms with Crippen LogP contribution in [0.5, 0.6) is 28.7 Å². The molecular formula is C16H12O6. The summed E-state index contributed by atoms with van der Waals surface area (Å²) < 4.78 is 10.4. The van der Waals surface area contributed by atoms with E-state index >= 15 is 0 Å². The van der Waals surface area contributed by atoms with E-state index in [0.717, 1.165) is 6.07 Å². The maximum Gasteiger partial charge on any atom is 0.235 e. The number of benzene rings is 2. The maximum absolute atomic E-state index is 12.2. The van der Waals surface area contributed by atoms with Crippen LogP contribution >= 0.6 is 0 Å². The summed E-state index contributed by atoms with van der Waals surface area (Å²) in [5.41, 5.74) is 0.587. The number of allylic oxidation sites excluding steroid dienone is 1. The van der Waals surface area contributed by atoms with Crippen molar-refractivity contribution in [2.75, 3.05) is 7.11 Å². The summed E-state index contributed by atoms with van der Waals surface area (Å²) in [6.07, 6.45) is 1.46. The summed E-state index contributed by atoms with van der Waals surface area (Å²) in [4.78, 5) is 12.2. The van der Waals surface area contributed by atoms with Gasteiger partial charge in [0.05, 0.1) is 7.11 Å². The predicted molar refractivity (Wildman–Crippen MR) is 77.4 cm³/mol. The average Bonchev–Trinajstić information content (AvgIpc) is 2.77. The number of ether oxygens (including phenoxy) is 2. The van der Waals surface area contributed by atoms with E-state index in [1.54, 1.807) is 12.1 Å². The lowest BCUT2D eigenvalue weighted by Gasteiger charge is -2.04. The summed E-state index contributed by atoms with van der Waals surface area (Å²) >= 11 is 0. The fraction of sp³-hybridized carbons (Fsp3) is 0.0625. The summed E-state index contributed by atoms with van der Waals surface area (Å²) in [7, 11) is 1.42. The number of hydrogen-bond donors (Lipinski definition) is 3. The van der Waals surface area contributed by atoms with Gasteiger partial charge in [0, 0.05) is 12.1 Å². The molecule has 0 atom stereocenters. The fourth-order valence-corrected chi connectivity index (χ4v) is 2.21. The molecule has 0 unspecified atom stereocenters. The van der Waals surface area contributed by atoms with Crippen LogP contribution in [0.25, 0.3) is 6.08 Å². The fourth-order valence-electron chi connectivity index (χ4n) is 2.21. The highest BCUT2D eigenvalue weighted by Gasteiger charge is 2.31. The van der Waals surface area contributed by atoms with E-state index in [4.69, 9.17) is 9.47 Å². The molecule has 1 aliphatic rings. The Bertz CT molecular complexity index is 807. The van der Waals surface area contributed by atoms with Gasteiger partial charge < -0.3 is 24.8 Å². The van der Waals surface area contributed by atoms with Crippen LogP contribution in [-0.2, 0) is 0 Å². The van der Waals surface area contributed by atoms with Crippen LogP contribution in [0.1, 0.15) is 15.9 Å². The number of hydrogen-bond acceptors (Lipinski definition) is 6. The molecule has 0 saturated heterocycles. The van der Waals surface area contributed by atoms with Crippen LogP contribution in [0.2, 0.25) is 0 Å². The molecule has 0 fully saturated rings. The SMILES string of the molecule is COc1cc(/C=C2\Oc3cc(O)cc(O)c3C2=O)ccc1O. The highest BCUT2D eigenvalue weighted by Crippen LogP contribution is 2.40. The minimum absolute atomic E-state index is 0.00337. The van der Waals surface area contributed by atoms with Gasteiger partial charge in [0.2, 0.25) is 5.78 Å². The molecule has 1 aliphatic heterocycles. The minimum Gasteiger partial charge on any atom is -0.508 e. The zero-order valence-corrected chi connectivity index (χ0v) is 11.5. The van der Waals surface area contributed by atoms with Crippen molar-refractivity contribution >= 4 is 11.9 Å². The summed E-state index contributed by atoms with van der Waals surface area (Å²) in [5.74, 6) is -0.682. The van der Waals surface area contributed by atoms with Crippen LogP contribution in [0, 0.1) is 0 Å². The third-order valence-corrected chi connectivity index (χ3v) is 3.24.